The van der Waals surface area contributed by atoms with Crippen molar-refractivity contribution in [2.75, 3.05) is 19.8 Å². The normalized spacial score (nSPS) is 14.3. The van der Waals surface area contributed by atoms with Crippen molar-refractivity contribution in [2.45, 2.75) is 51.9 Å². The molecule has 1 fully saturated rings. The lowest BCUT2D eigenvalue weighted by Gasteiger charge is -2.22. The number of benzene rings is 2. The number of carbonyl (C=O) groups excluding carboxylic acids is 1. The Balaban J connectivity index is 1.71. The largest absolute Gasteiger partial charge is 0.490 e. The zero-order chi connectivity index (χ0) is 25.5. The quantitative estimate of drug-likeness (QED) is 0.258. The van der Waals surface area contributed by atoms with Gasteiger partial charge in [0.05, 0.1) is 30.3 Å². The molecule has 190 valence electrons. The van der Waals surface area contributed by atoms with E-state index in [1.54, 1.807) is 31.3 Å². The molecule has 0 bridgehead atoms. The molecule has 0 amide bonds. The Kier molecular flexibility index (Phi) is 8.74. The van der Waals surface area contributed by atoms with E-state index >= 15 is 0 Å². The third kappa shape index (κ3) is 5.95. The minimum atomic E-state index is -0.458. The average molecular weight is 556 g/mol. The Morgan fingerprint density at radius 1 is 1.11 bits per heavy atom. The molecule has 0 spiro atoms. The highest BCUT2D eigenvalue weighted by Gasteiger charge is 2.22. The van der Waals surface area contributed by atoms with E-state index in [0.29, 0.717) is 44.9 Å². The van der Waals surface area contributed by atoms with Crippen molar-refractivity contribution in [3.63, 3.8) is 0 Å². The molecule has 0 radical (unpaired) electrons. The highest BCUT2D eigenvalue weighted by molar-refractivity contribution is 9.10. The van der Waals surface area contributed by atoms with Crippen molar-refractivity contribution in [3.8, 4) is 11.5 Å². The number of para-hydroxylation sites is 1. The van der Waals surface area contributed by atoms with Gasteiger partial charge in [-0.15, -0.1) is 0 Å². The van der Waals surface area contributed by atoms with Crippen LogP contribution in [0, 0.1) is 0 Å². The van der Waals surface area contributed by atoms with Crippen molar-refractivity contribution in [1.29, 1.82) is 0 Å². The SMILES string of the molecule is CCOC(=O)COc1cc(Br)c(C=Nn2c(C3CCCCC3)nc3ccccc3c2=O)cc1OCC. The van der Waals surface area contributed by atoms with E-state index < -0.39 is 5.97 Å². The maximum atomic E-state index is 13.4. The first-order valence-corrected chi connectivity index (χ1v) is 13.1. The van der Waals surface area contributed by atoms with Gasteiger partial charge in [0, 0.05) is 16.0 Å². The summed E-state index contributed by atoms with van der Waals surface area (Å²) in [6, 6.07) is 10.9. The molecule has 8 nitrogen and oxygen atoms in total. The number of carbonyl (C=O) groups is 1. The van der Waals surface area contributed by atoms with Gasteiger partial charge in [0.2, 0.25) is 0 Å². The third-order valence-corrected chi connectivity index (χ3v) is 6.76. The monoisotopic (exact) mass is 555 g/mol. The van der Waals surface area contributed by atoms with Gasteiger partial charge in [0.25, 0.3) is 5.56 Å². The molecule has 0 saturated heterocycles. The first kappa shape index (κ1) is 25.9. The molecule has 0 unspecified atom stereocenters. The van der Waals surface area contributed by atoms with Gasteiger partial charge in [-0.2, -0.15) is 9.78 Å². The van der Waals surface area contributed by atoms with Crippen LogP contribution >= 0.6 is 15.9 Å². The van der Waals surface area contributed by atoms with E-state index in [9.17, 15) is 9.59 Å². The highest BCUT2D eigenvalue weighted by atomic mass is 79.9. The molecule has 4 rings (SSSR count). The summed E-state index contributed by atoms with van der Waals surface area (Å²) < 4.78 is 18.4. The molecule has 0 N–H and O–H groups in total. The Morgan fingerprint density at radius 3 is 2.61 bits per heavy atom. The summed E-state index contributed by atoms with van der Waals surface area (Å²) in [5.74, 6) is 1.30. The number of halogens is 1. The fourth-order valence-corrected chi connectivity index (χ4v) is 4.79. The minimum absolute atomic E-state index is 0.187. The Labute approximate surface area is 218 Å². The summed E-state index contributed by atoms with van der Waals surface area (Å²) in [6.07, 6.45) is 7.04. The number of hydrogen-bond donors (Lipinski definition) is 0. The van der Waals surface area contributed by atoms with Crippen LogP contribution in [-0.4, -0.2) is 41.7 Å². The second-order valence-electron chi connectivity index (χ2n) is 8.53. The maximum absolute atomic E-state index is 13.4. The van der Waals surface area contributed by atoms with Gasteiger partial charge in [-0.3, -0.25) is 4.79 Å². The van der Waals surface area contributed by atoms with Crippen LogP contribution in [0.1, 0.15) is 63.3 Å². The van der Waals surface area contributed by atoms with Crippen molar-refractivity contribution in [3.05, 3.63) is 62.6 Å². The summed E-state index contributed by atoms with van der Waals surface area (Å²) in [5.41, 5.74) is 1.20. The van der Waals surface area contributed by atoms with Crippen LogP contribution in [0.25, 0.3) is 10.9 Å². The van der Waals surface area contributed by atoms with E-state index in [-0.39, 0.29) is 24.7 Å². The van der Waals surface area contributed by atoms with Crippen LogP contribution in [0.5, 0.6) is 11.5 Å². The molecular formula is C27H30BrN3O5. The lowest BCUT2D eigenvalue weighted by molar-refractivity contribution is -0.145. The van der Waals surface area contributed by atoms with Crippen LogP contribution in [0.4, 0.5) is 0 Å². The number of aromatic nitrogens is 2. The van der Waals surface area contributed by atoms with Crippen LogP contribution in [-0.2, 0) is 9.53 Å². The van der Waals surface area contributed by atoms with Gasteiger partial charge in [0.1, 0.15) is 5.82 Å². The summed E-state index contributed by atoms with van der Waals surface area (Å²) in [6.45, 7) is 4.07. The Hall–Kier alpha value is -3.20. The zero-order valence-corrected chi connectivity index (χ0v) is 22.1. The molecule has 1 aliphatic carbocycles. The van der Waals surface area contributed by atoms with Gasteiger partial charge in [-0.25, -0.2) is 9.78 Å². The Morgan fingerprint density at radius 2 is 1.86 bits per heavy atom. The molecule has 3 aromatic rings. The molecule has 1 saturated carbocycles. The fourth-order valence-electron chi connectivity index (χ4n) is 4.37. The summed E-state index contributed by atoms with van der Waals surface area (Å²) in [5, 5.41) is 5.14. The average Bonchev–Trinajstić information content (AvgIpc) is 2.89. The van der Waals surface area contributed by atoms with Crippen LogP contribution < -0.4 is 15.0 Å². The number of esters is 1. The topological polar surface area (TPSA) is 92.0 Å². The van der Waals surface area contributed by atoms with E-state index in [1.807, 2.05) is 25.1 Å². The minimum Gasteiger partial charge on any atom is -0.490 e. The standard InChI is InChI=1S/C27H30BrN3O5/c1-3-34-23-14-19(21(28)15-24(23)36-17-25(32)35-4-2)16-29-31-26(18-10-6-5-7-11-18)30-22-13-9-8-12-20(22)27(31)33/h8-9,12-16,18H,3-7,10-11,17H2,1-2H3. The van der Waals surface area contributed by atoms with Gasteiger partial charge in [-0.05, 0) is 66.9 Å². The van der Waals surface area contributed by atoms with Crippen molar-refractivity contribution < 1.29 is 19.0 Å². The summed E-state index contributed by atoms with van der Waals surface area (Å²) >= 11 is 3.55. The smallest absolute Gasteiger partial charge is 0.344 e. The van der Waals surface area contributed by atoms with Gasteiger partial charge in [-0.1, -0.05) is 31.4 Å². The summed E-state index contributed by atoms with van der Waals surface area (Å²) in [4.78, 5) is 30.0. The molecule has 2 aromatic carbocycles. The van der Waals surface area contributed by atoms with Crippen molar-refractivity contribution in [2.24, 2.45) is 5.10 Å². The fraction of sp³-hybridized carbons (Fsp3) is 0.407. The first-order valence-electron chi connectivity index (χ1n) is 12.3. The zero-order valence-electron chi connectivity index (χ0n) is 20.5. The second kappa shape index (κ2) is 12.2. The molecule has 0 aliphatic heterocycles. The lowest BCUT2D eigenvalue weighted by Crippen LogP contribution is -2.25. The molecule has 36 heavy (non-hydrogen) atoms. The number of nitrogens with zero attached hydrogens (tertiary/aromatic N) is 3. The van der Waals surface area contributed by atoms with Crippen molar-refractivity contribution in [1.82, 2.24) is 9.66 Å². The molecular weight excluding hydrogens is 526 g/mol. The number of hydrogen-bond acceptors (Lipinski definition) is 7. The Bertz CT molecular complexity index is 1310. The molecule has 1 aromatic heterocycles. The van der Waals surface area contributed by atoms with Gasteiger partial charge in [0.15, 0.2) is 18.1 Å². The van der Waals surface area contributed by atoms with E-state index in [2.05, 4.69) is 21.0 Å². The van der Waals surface area contributed by atoms with E-state index in [4.69, 9.17) is 19.2 Å². The molecule has 0 atom stereocenters. The van der Waals surface area contributed by atoms with Crippen molar-refractivity contribution >= 4 is 39.0 Å². The second-order valence-corrected chi connectivity index (χ2v) is 9.39. The molecule has 9 heteroatoms. The third-order valence-electron chi connectivity index (χ3n) is 6.08. The predicted molar refractivity (Wildman–Crippen MR) is 142 cm³/mol. The van der Waals surface area contributed by atoms with Crippen LogP contribution in [0.15, 0.2) is 50.8 Å². The number of ether oxygens (including phenoxy) is 3. The van der Waals surface area contributed by atoms with Crippen LogP contribution in [0.2, 0.25) is 0 Å². The van der Waals surface area contributed by atoms with Crippen LogP contribution in [0.3, 0.4) is 0 Å². The lowest BCUT2D eigenvalue weighted by atomic mass is 9.88. The molecule has 1 aliphatic rings. The number of rotatable bonds is 9. The maximum Gasteiger partial charge on any atom is 0.344 e. The van der Waals surface area contributed by atoms with E-state index in [1.165, 1.54) is 11.1 Å². The predicted octanol–water partition coefficient (Wildman–Crippen LogP) is 5.43. The van der Waals surface area contributed by atoms with E-state index in [0.717, 1.165) is 25.7 Å². The summed E-state index contributed by atoms with van der Waals surface area (Å²) in [7, 11) is 0. The first-order chi connectivity index (χ1) is 17.5. The molecule has 1 heterocycles. The van der Waals surface area contributed by atoms with Gasteiger partial charge >= 0.3 is 5.97 Å². The van der Waals surface area contributed by atoms with Gasteiger partial charge < -0.3 is 14.2 Å². The highest BCUT2D eigenvalue weighted by Crippen LogP contribution is 2.34. The number of fused-ring (bicyclic) bond motifs is 1.